The van der Waals surface area contributed by atoms with Crippen molar-refractivity contribution < 1.29 is 0 Å². The number of rotatable bonds is 2. The Balaban J connectivity index is 2.29. The normalized spacial score (nSPS) is 10.9. The quantitative estimate of drug-likeness (QED) is 0.610. The molecule has 0 aliphatic carbocycles. The SMILES string of the molecule is Clc1ncncc1N=Nc1cncnc1Cl. The Morgan fingerprint density at radius 2 is 1.25 bits per heavy atom. The Hall–Kier alpha value is -1.66. The van der Waals surface area contributed by atoms with Crippen LogP contribution in [0, 0.1) is 0 Å². The van der Waals surface area contributed by atoms with Crippen molar-refractivity contribution in [3.05, 3.63) is 35.4 Å². The molecule has 8 heteroatoms. The molecule has 0 spiro atoms. The molecule has 0 N–H and O–H groups in total. The van der Waals surface area contributed by atoms with Crippen LogP contribution in [-0.4, -0.2) is 19.9 Å². The minimum Gasteiger partial charge on any atom is -0.242 e. The summed E-state index contributed by atoms with van der Waals surface area (Å²) in [6, 6.07) is 0. The Morgan fingerprint density at radius 1 is 0.812 bits per heavy atom. The summed E-state index contributed by atoms with van der Waals surface area (Å²) in [5, 5.41) is 8.11. The predicted molar refractivity (Wildman–Crippen MR) is 58.3 cm³/mol. The van der Waals surface area contributed by atoms with Gasteiger partial charge in [-0.25, -0.2) is 19.9 Å². The molecule has 0 aliphatic heterocycles. The highest BCUT2D eigenvalue weighted by Gasteiger charge is 2.01. The lowest BCUT2D eigenvalue weighted by molar-refractivity contribution is 1.10. The third-order valence-corrected chi connectivity index (χ3v) is 2.14. The van der Waals surface area contributed by atoms with Gasteiger partial charge in [-0.2, -0.15) is 0 Å². The minimum absolute atomic E-state index is 0.215. The van der Waals surface area contributed by atoms with Crippen LogP contribution in [0.3, 0.4) is 0 Å². The molecule has 6 nitrogen and oxygen atoms in total. The molecule has 0 atom stereocenters. The first-order chi connectivity index (χ1) is 7.77. The van der Waals surface area contributed by atoms with E-state index in [0.29, 0.717) is 11.4 Å². The Morgan fingerprint density at radius 3 is 1.62 bits per heavy atom. The number of hydrogen-bond acceptors (Lipinski definition) is 6. The van der Waals surface area contributed by atoms with Gasteiger partial charge in [-0.05, 0) is 0 Å². The van der Waals surface area contributed by atoms with E-state index in [9.17, 15) is 0 Å². The van der Waals surface area contributed by atoms with E-state index < -0.39 is 0 Å². The summed E-state index contributed by atoms with van der Waals surface area (Å²) in [7, 11) is 0. The maximum absolute atomic E-state index is 5.76. The molecule has 2 aromatic heterocycles. The second kappa shape index (κ2) is 4.91. The molecule has 0 saturated carbocycles. The number of hydrogen-bond donors (Lipinski definition) is 0. The fourth-order valence-electron chi connectivity index (χ4n) is 0.857. The highest BCUT2D eigenvalue weighted by atomic mass is 35.5. The summed E-state index contributed by atoms with van der Waals surface area (Å²) >= 11 is 11.5. The summed E-state index contributed by atoms with van der Waals surface area (Å²) in [6.45, 7) is 0. The molecule has 0 amide bonds. The lowest BCUT2D eigenvalue weighted by Crippen LogP contribution is -1.79. The molecular weight excluding hydrogens is 251 g/mol. The maximum atomic E-state index is 5.76. The molecule has 80 valence electrons. The Kier molecular flexibility index (Phi) is 3.33. The largest absolute Gasteiger partial charge is 0.242 e. The van der Waals surface area contributed by atoms with Crippen LogP contribution < -0.4 is 0 Å². The van der Waals surface area contributed by atoms with Gasteiger partial charge in [-0.1, -0.05) is 23.2 Å². The van der Waals surface area contributed by atoms with Gasteiger partial charge in [0.25, 0.3) is 0 Å². The predicted octanol–water partition coefficient (Wildman–Crippen LogP) is 2.99. The van der Waals surface area contributed by atoms with Crippen LogP contribution in [0.2, 0.25) is 10.3 Å². The summed E-state index contributed by atoms with van der Waals surface area (Å²) in [5.74, 6) is 0. The number of azo groups is 1. The van der Waals surface area contributed by atoms with E-state index in [-0.39, 0.29) is 10.3 Å². The van der Waals surface area contributed by atoms with E-state index in [0.717, 1.165) is 0 Å². The second-order valence-electron chi connectivity index (χ2n) is 2.60. The summed E-state index contributed by atoms with van der Waals surface area (Å²) in [5.41, 5.74) is 0.702. The van der Waals surface area contributed by atoms with E-state index >= 15 is 0 Å². The zero-order valence-corrected chi connectivity index (χ0v) is 9.26. The van der Waals surface area contributed by atoms with Crippen LogP contribution in [0.15, 0.2) is 35.3 Å². The van der Waals surface area contributed by atoms with Crippen LogP contribution in [0.4, 0.5) is 11.4 Å². The van der Waals surface area contributed by atoms with Crippen LogP contribution in [0.1, 0.15) is 0 Å². The van der Waals surface area contributed by atoms with Crippen molar-refractivity contribution in [2.75, 3.05) is 0 Å². The van der Waals surface area contributed by atoms with Crippen LogP contribution in [0.5, 0.6) is 0 Å². The third-order valence-electron chi connectivity index (χ3n) is 1.56. The van der Waals surface area contributed by atoms with Crippen molar-refractivity contribution in [3.63, 3.8) is 0 Å². The van der Waals surface area contributed by atoms with Gasteiger partial charge >= 0.3 is 0 Å². The molecule has 2 heterocycles. The van der Waals surface area contributed by atoms with E-state index in [1.165, 1.54) is 25.0 Å². The Labute approximate surface area is 100 Å². The molecule has 0 aliphatic rings. The van der Waals surface area contributed by atoms with Crippen molar-refractivity contribution in [1.29, 1.82) is 0 Å². The second-order valence-corrected chi connectivity index (χ2v) is 3.31. The van der Waals surface area contributed by atoms with Gasteiger partial charge in [0.15, 0.2) is 10.3 Å². The fourth-order valence-corrected chi connectivity index (χ4v) is 1.12. The van der Waals surface area contributed by atoms with Crippen molar-refractivity contribution in [3.8, 4) is 0 Å². The molecule has 0 bridgehead atoms. The van der Waals surface area contributed by atoms with Gasteiger partial charge in [0.05, 0.1) is 12.4 Å². The van der Waals surface area contributed by atoms with E-state index in [1.807, 2.05) is 0 Å². The Bertz CT molecular complexity index is 482. The molecule has 2 aromatic rings. The van der Waals surface area contributed by atoms with Crippen molar-refractivity contribution in [2.45, 2.75) is 0 Å². The van der Waals surface area contributed by atoms with E-state index in [2.05, 4.69) is 30.2 Å². The maximum Gasteiger partial charge on any atom is 0.159 e. The molecule has 0 radical (unpaired) electrons. The minimum atomic E-state index is 0.215. The van der Waals surface area contributed by atoms with Crippen LogP contribution >= 0.6 is 23.2 Å². The van der Waals surface area contributed by atoms with Gasteiger partial charge < -0.3 is 0 Å². The molecular formula is C8H4Cl2N6. The van der Waals surface area contributed by atoms with Crippen LogP contribution in [-0.2, 0) is 0 Å². The lowest BCUT2D eigenvalue weighted by atomic mass is 10.5. The molecule has 0 saturated heterocycles. The first-order valence-electron chi connectivity index (χ1n) is 4.10. The standard InChI is InChI=1S/C8H4Cl2N6/c9-7-5(1-11-3-13-7)15-16-6-2-12-4-14-8(6)10/h1-4H. The summed E-state index contributed by atoms with van der Waals surface area (Å²) in [6.07, 6.45) is 5.52. The lowest BCUT2D eigenvalue weighted by Gasteiger charge is -1.95. The van der Waals surface area contributed by atoms with E-state index in [4.69, 9.17) is 23.2 Å². The van der Waals surface area contributed by atoms with Gasteiger partial charge in [-0.3, -0.25) is 0 Å². The highest BCUT2D eigenvalue weighted by Crippen LogP contribution is 2.25. The number of aromatic nitrogens is 4. The highest BCUT2D eigenvalue weighted by molar-refractivity contribution is 6.32. The summed E-state index contributed by atoms with van der Waals surface area (Å²) in [4.78, 5) is 15.0. The molecule has 2 rings (SSSR count). The first kappa shape index (κ1) is 10.8. The van der Waals surface area contributed by atoms with Crippen LogP contribution in [0.25, 0.3) is 0 Å². The van der Waals surface area contributed by atoms with Gasteiger partial charge in [0.1, 0.15) is 24.0 Å². The average Bonchev–Trinajstić information content (AvgIpc) is 2.30. The zero-order valence-electron chi connectivity index (χ0n) is 7.75. The van der Waals surface area contributed by atoms with Crippen molar-refractivity contribution >= 4 is 34.6 Å². The van der Waals surface area contributed by atoms with Gasteiger partial charge in [0.2, 0.25) is 0 Å². The zero-order chi connectivity index (χ0) is 11.4. The molecule has 16 heavy (non-hydrogen) atoms. The number of halogens is 2. The van der Waals surface area contributed by atoms with E-state index in [1.54, 1.807) is 0 Å². The average molecular weight is 255 g/mol. The third kappa shape index (κ3) is 2.47. The van der Waals surface area contributed by atoms with Gasteiger partial charge in [0, 0.05) is 0 Å². The number of nitrogens with zero attached hydrogens (tertiary/aromatic N) is 6. The molecule has 0 unspecified atom stereocenters. The van der Waals surface area contributed by atoms with Gasteiger partial charge in [-0.15, -0.1) is 10.2 Å². The smallest absolute Gasteiger partial charge is 0.159 e. The van der Waals surface area contributed by atoms with Crippen molar-refractivity contribution in [1.82, 2.24) is 19.9 Å². The first-order valence-corrected chi connectivity index (χ1v) is 4.85. The van der Waals surface area contributed by atoms with Crippen molar-refractivity contribution in [2.24, 2.45) is 10.2 Å². The molecule has 0 fully saturated rings. The fraction of sp³-hybridized carbons (Fsp3) is 0. The summed E-state index contributed by atoms with van der Waals surface area (Å²) < 4.78 is 0. The monoisotopic (exact) mass is 254 g/mol. The topological polar surface area (TPSA) is 76.3 Å². The molecule has 0 aromatic carbocycles.